The summed E-state index contributed by atoms with van der Waals surface area (Å²) in [6.07, 6.45) is 2.63. The van der Waals surface area contributed by atoms with E-state index >= 15 is 0 Å². The minimum absolute atomic E-state index is 0.0444. The number of nitrogens with zero attached hydrogens (tertiary/aromatic N) is 2. The van der Waals surface area contributed by atoms with E-state index in [4.69, 9.17) is 10.00 Å². The van der Waals surface area contributed by atoms with Crippen molar-refractivity contribution in [2.45, 2.75) is 25.3 Å². The fraction of sp³-hybridized carbons (Fsp3) is 0.368. The van der Waals surface area contributed by atoms with Crippen LogP contribution in [0.2, 0.25) is 0 Å². The van der Waals surface area contributed by atoms with Gasteiger partial charge in [-0.3, -0.25) is 4.79 Å². The van der Waals surface area contributed by atoms with Crippen LogP contribution < -0.4 is 0 Å². The quantitative estimate of drug-likeness (QED) is 0.837. The number of nitriles is 1. The number of ether oxygens (including phenoxy) is 1. The van der Waals surface area contributed by atoms with Gasteiger partial charge in [-0.1, -0.05) is 6.07 Å². The van der Waals surface area contributed by atoms with Gasteiger partial charge in [0.1, 0.15) is 0 Å². The zero-order valence-electron chi connectivity index (χ0n) is 13.5. The van der Waals surface area contributed by atoms with Crippen LogP contribution in [0.5, 0.6) is 0 Å². The van der Waals surface area contributed by atoms with E-state index in [2.05, 4.69) is 17.5 Å². The van der Waals surface area contributed by atoms with Crippen LogP contribution in [0.4, 0.5) is 0 Å². The highest BCUT2D eigenvalue weighted by Gasteiger charge is 2.26. The number of hydrogen-bond donors (Lipinski definition) is 0. The van der Waals surface area contributed by atoms with Gasteiger partial charge in [-0.2, -0.15) is 5.26 Å². The van der Waals surface area contributed by atoms with Crippen molar-refractivity contribution >= 4 is 17.2 Å². The number of hydrogen-bond acceptors (Lipinski definition) is 4. The highest BCUT2D eigenvalue weighted by Crippen LogP contribution is 2.20. The van der Waals surface area contributed by atoms with Crippen molar-refractivity contribution in [3.8, 4) is 6.07 Å². The van der Waals surface area contributed by atoms with Gasteiger partial charge in [-0.25, -0.2) is 0 Å². The predicted molar refractivity (Wildman–Crippen MR) is 94.1 cm³/mol. The van der Waals surface area contributed by atoms with E-state index in [-0.39, 0.29) is 11.9 Å². The lowest BCUT2D eigenvalue weighted by Gasteiger charge is -2.34. The third-order valence-corrected chi connectivity index (χ3v) is 5.27. The Hall–Kier alpha value is -2.16. The van der Waals surface area contributed by atoms with E-state index < -0.39 is 0 Å². The molecule has 0 saturated carbocycles. The molecule has 0 atom stereocenters. The standard InChI is InChI=1S/C19H20N2O2S/c20-14-15-3-5-16(6-4-15)19(22)21(17-8-11-23-12-9-17)10-7-18-2-1-13-24-18/h1-6,13,17H,7-12H2. The first-order chi connectivity index (χ1) is 11.8. The fourth-order valence-corrected chi connectivity index (χ4v) is 3.68. The Balaban J connectivity index is 1.76. The Bertz CT molecular complexity index is 698. The maximum Gasteiger partial charge on any atom is 0.254 e. The fourth-order valence-electron chi connectivity index (χ4n) is 2.99. The number of carbonyl (C=O) groups is 1. The van der Waals surface area contributed by atoms with Crippen LogP contribution in [0.15, 0.2) is 41.8 Å². The molecule has 24 heavy (non-hydrogen) atoms. The van der Waals surface area contributed by atoms with Crippen LogP contribution >= 0.6 is 11.3 Å². The molecule has 0 unspecified atom stereocenters. The minimum atomic E-state index is 0.0444. The summed E-state index contributed by atoms with van der Waals surface area (Å²) >= 11 is 1.73. The monoisotopic (exact) mass is 340 g/mol. The van der Waals surface area contributed by atoms with E-state index in [0.717, 1.165) is 19.3 Å². The predicted octanol–water partition coefficient (Wildman–Crippen LogP) is 3.48. The summed E-state index contributed by atoms with van der Waals surface area (Å²) < 4.78 is 5.44. The van der Waals surface area contributed by atoms with Crippen molar-refractivity contribution in [1.29, 1.82) is 5.26 Å². The highest BCUT2D eigenvalue weighted by atomic mass is 32.1. The smallest absolute Gasteiger partial charge is 0.254 e. The number of benzene rings is 1. The second-order valence-corrected chi connectivity index (χ2v) is 6.89. The van der Waals surface area contributed by atoms with Gasteiger partial charge in [0.2, 0.25) is 0 Å². The number of amides is 1. The van der Waals surface area contributed by atoms with Gasteiger partial charge in [0.05, 0.1) is 11.6 Å². The summed E-state index contributed by atoms with van der Waals surface area (Å²) in [4.78, 5) is 16.3. The second-order valence-electron chi connectivity index (χ2n) is 5.86. The van der Waals surface area contributed by atoms with Gasteiger partial charge in [-0.05, 0) is 55.0 Å². The van der Waals surface area contributed by atoms with Gasteiger partial charge in [0.15, 0.2) is 0 Å². The average molecular weight is 340 g/mol. The van der Waals surface area contributed by atoms with Crippen LogP contribution in [0, 0.1) is 11.3 Å². The first kappa shape index (κ1) is 16.7. The molecule has 1 aromatic heterocycles. The Morgan fingerprint density at radius 2 is 2.00 bits per heavy atom. The highest BCUT2D eigenvalue weighted by molar-refractivity contribution is 7.09. The zero-order chi connectivity index (χ0) is 16.8. The Labute approximate surface area is 146 Å². The van der Waals surface area contributed by atoms with Crippen LogP contribution in [-0.2, 0) is 11.2 Å². The van der Waals surface area contributed by atoms with Crippen molar-refractivity contribution in [3.05, 3.63) is 57.8 Å². The molecular weight excluding hydrogens is 320 g/mol. The van der Waals surface area contributed by atoms with Crippen LogP contribution in [0.1, 0.15) is 33.6 Å². The summed E-state index contributed by atoms with van der Waals surface area (Å²) in [5, 5.41) is 11.0. The van der Waals surface area contributed by atoms with Crippen LogP contribution in [-0.4, -0.2) is 36.6 Å². The lowest BCUT2D eigenvalue weighted by Crippen LogP contribution is -2.44. The SMILES string of the molecule is N#Cc1ccc(C(=O)N(CCc2cccs2)C2CCOCC2)cc1. The summed E-state index contributed by atoms with van der Waals surface area (Å²) in [6.45, 7) is 2.13. The van der Waals surface area contributed by atoms with E-state index in [1.807, 2.05) is 11.0 Å². The maximum absolute atomic E-state index is 13.0. The molecule has 0 spiro atoms. The molecule has 1 amide bonds. The first-order valence-corrected chi connectivity index (χ1v) is 9.07. The van der Waals surface area contributed by atoms with Gasteiger partial charge < -0.3 is 9.64 Å². The zero-order valence-corrected chi connectivity index (χ0v) is 14.3. The van der Waals surface area contributed by atoms with Gasteiger partial charge in [-0.15, -0.1) is 11.3 Å². The summed E-state index contributed by atoms with van der Waals surface area (Å²) in [6, 6.07) is 13.4. The molecule has 4 nitrogen and oxygen atoms in total. The molecule has 0 N–H and O–H groups in total. The minimum Gasteiger partial charge on any atom is -0.381 e. The van der Waals surface area contributed by atoms with E-state index in [1.165, 1.54) is 4.88 Å². The second kappa shape index (κ2) is 8.09. The van der Waals surface area contributed by atoms with E-state index in [9.17, 15) is 4.79 Å². The molecule has 3 rings (SSSR count). The molecule has 0 radical (unpaired) electrons. The Morgan fingerprint density at radius 3 is 2.62 bits per heavy atom. The Morgan fingerprint density at radius 1 is 1.25 bits per heavy atom. The molecule has 5 heteroatoms. The average Bonchev–Trinajstić information content (AvgIpc) is 3.16. The molecule has 1 fully saturated rings. The summed E-state index contributed by atoms with van der Waals surface area (Å²) in [7, 11) is 0. The van der Waals surface area contributed by atoms with Crippen molar-refractivity contribution in [2.24, 2.45) is 0 Å². The topological polar surface area (TPSA) is 53.3 Å². The molecule has 124 valence electrons. The Kier molecular flexibility index (Phi) is 5.63. The molecule has 2 aromatic rings. The molecule has 1 aliphatic heterocycles. The van der Waals surface area contributed by atoms with Crippen molar-refractivity contribution < 1.29 is 9.53 Å². The van der Waals surface area contributed by atoms with Crippen molar-refractivity contribution in [2.75, 3.05) is 19.8 Å². The lowest BCUT2D eigenvalue weighted by molar-refractivity contribution is 0.0294. The number of thiophene rings is 1. The van der Waals surface area contributed by atoms with Crippen molar-refractivity contribution in [1.82, 2.24) is 4.90 Å². The lowest BCUT2D eigenvalue weighted by atomic mass is 10.0. The first-order valence-electron chi connectivity index (χ1n) is 8.19. The molecular formula is C19H20N2O2S. The molecule has 2 heterocycles. The summed E-state index contributed by atoms with van der Waals surface area (Å²) in [5.74, 6) is 0.0444. The molecule has 1 aliphatic rings. The van der Waals surface area contributed by atoms with Crippen LogP contribution in [0.3, 0.4) is 0 Å². The third kappa shape index (κ3) is 4.02. The largest absolute Gasteiger partial charge is 0.381 e. The van der Waals surface area contributed by atoms with E-state index in [1.54, 1.807) is 35.6 Å². The van der Waals surface area contributed by atoms with Gasteiger partial charge in [0.25, 0.3) is 5.91 Å². The number of rotatable bonds is 5. The van der Waals surface area contributed by atoms with Crippen LogP contribution in [0.25, 0.3) is 0 Å². The molecule has 0 aliphatic carbocycles. The maximum atomic E-state index is 13.0. The van der Waals surface area contributed by atoms with Gasteiger partial charge >= 0.3 is 0 Å². The summed E-state index contributed by atoms with van der Waals surface area (Å²) in [5.41, 5.74) is 1.22. The third-order valence-electron chi connectivity index (χ3n) is 4.33. The number of carbonyl (C=O) groups excluding carboxylic acids is 1. The van der Waals surface area contributed by atoms with E-state index in [0.29, 0.717) is 30.9 Å². The van der Waals surface area contributed by atoms with Crippen molar-refractivity contribution in [3.63, 3.8) is 0 Å². The molecule has 1 saturated heterocycles. The normalized spacial score (nSPS) is 15.0. The molecule has 1 aromatic carbocycles. The molecule has 0 bridgehead atoms. The van der Waals surface area contributed by atoms with Gasteiger partial charge in [0, 0.05) is 36.2 Å².